The summed E-state index contributed by atoms with van der Waals surface area (Å²) in [4.78, 5) is 26.1. The van der Waals surface area contributed by atoms with Gasteiger partial charge >= 0.3 is 0 Å². The summed E-state index contributed by atoms with van der Waals surface area (Å²) in [5.41, 5.74) is 6.45. The van der Waals surface area contributed by atoms with Gasteiger partial charge in [0.2, 0.25) is 0 Å². The predicted molar refractivity (Wildman–Crippen MR) is 123 cm³/mol. The highest BCUT2D eigenvalue weighted by Crippen LogP contribution is 2.31. The summed E-state index contributed by atoms with van der Waals surface area (Å²) in [6.07, 6.45) is 3.87. The van der Waals surface area contributed by atoms with Gasteiger partial charge in [0, 0.05) is 18.0 Å². The standard InChI is InChI=1S/C22H19N7O3S/c1-13(27-21-15(11-23)20(24)25-12-26-21)19-18(14-7-3-4-8-16(14)33(2,31)32)22(30)29-10-6-5-9-17(29)28-19/h3-10,12-13H,1-2H3,(H3,24,25,26,27)/t13-/m1/s1. The molecule has 0 spiro atoms. The van der Waals surface area contributed by atoms with Gasteiger partial charge in [-0.05, 0) is 25.1 Å². The molecule has 1 atom stereocenters. The lowest BCUT2D eigenvalue weighted by molar-refractivity contribution is 0.602. The number of hydrogen-bond acceptors (Lipinski definition) is 9. The number of nitrogens with one attached hydrogen (secondary N) is 1. The van der Waals surface area contributed by atoms with Crippen molar-refractivity contribution in [1.29, 1.82) is 5.26 Å². The molecular formula is C22H19N7O3S. The summed E-state index contributed by atoms with van der Waals surface area (Å²) >= 11 is 0. The van der Waals surface area contributed by atoms with E-state index in [0.717, 1.165) is 6.26 Å². The van der Waals surface area contributed by atoms with Crippen LogP contribution < -0.4 is 16.6 Å². The molecule has 10 nitrogen and oxygen atoms in total. The van der Waals surface area contributed by atoms with Gasteiger partial charge in [0.05, 0.1) is 22.2 Å². The normalized spacial score (nSPS) is 12.3. The summed E-state index contributed by atoms with van der Waals surface area (Å²) < 4.78 is 26.3. The van der Waals surface area contributed by atoms with Crippen LogP contribution >= 0.6 is 0 Å². The number of benzene rings is 1. The quantitative estimate of drug-likeness (QED) is 0.454. The van der Waals surface area contributed by atoms with E-state index in [0.29, 0.717) is 11.3 Å². The van der Waals surface area contributed by atoms with Gasteiger partial charge < -0.3 is 11.1 Å². The van der Waals surface area contributed by atoms with Gasteiger partial charge in [-0.15, -0.1) is 0 Å². The summed E-state index contributed by atoms with van der Waals surface area (Å²) in [6, 6.07) is 12.7. The van der Waals surface area contributed by atoms with E-state index < -0.39 is 21.4 Å². The zero-order chi connectivity index (χ0) is 23.8. The Morgan fingerprint density at radius 3 is 2.61 bits per heavy atom. The van der Waals surface area contributed by atoms with Crippen molar-refractivity contribution in [2.75, 3.05) is 17.3 Å². The first-order valence-corrected chi connectivity index (χ1v) is 11.7. The first kappa shape index (κ1) is 21.9. The fourth-order valence-corrected chi connectivity index (χ4v) is 4.46. The van der Waals surface area contributed by atoms with Crippen LogP contribution in [0.3, 0.4) is 0 Å². The van der Waals surface area contributed by atoms with E-state index in [-0.39, 0.29) is 33.2 Å². The van der Waals surface area contributed by atoms with Crippen LogP contribution in [0, 0.1) is 11.3 Å². The lowest BCUT2D eigenvalue weighted by atomic mass is 10.0. The monoisotopic (exact) mass is 461 g/mol. The Hall–Kier alpha value is -4.30. The Morgan fingerprint density at radius 1 is 1.15 bits per heavy atom. The maximum atomic E-state index is 13.6. The molecule has 1 aromatic carbocycles. The number of rotatable bonds is 5. The average molecular weight is 462 g/mol. The molecular weight excluding hydrogens is 442 g/mol. The molecule has 4 rings (SSSR count). The van der Waals surface area contributed by atoms with Crippen LogP contribution in [0.5, 0.6) is 0 Å². The topological polar surface area (TPSA) is 156 Å². The number of anilines is 2. The Labute approximate surface area is 189 Å². The minimum Gasteiger partial charge on any atom is -0.382 e. The Kier molecular flexibility index (Phi) is 5.53. The van der Waals surface area contributed by atoms with Crippen molar-refractivity contribution in [3.8, 4) is 17.2 Å². The van der Waals surface area contributed by atoms with Crippen LogP contribution in [0.25, 0.3) is 16.8 Å². The number of nitrogens with zero attached hydrogens (tertiary/aromatic N) is 5. The molecule has 0 unspecified atom stereocenters. The van der Waals surface area contributed by atoms with Crippen molar-refractivity contribution in [1.82, 2.24) is 19.4 Å². The molecule has 33 heavy (non-hydrogen) atoms. The third-order valence-electron chi connectivity index (χ3n) is 5.07. The number of nitrogen functional groups attached to an aromatic ring is 1. The molecule has 0 amide bonds. The van der Waals surface area contributed by atoms with E-state index >= 15 is 0 Å². The summed E-state index contributed by atoms with van der Waals surface area (Å²) in [6.45, 7) is 1.73. The Balaban J connectivity index is 2.00. The molecule has 0 saturated carbocycles. The lowest BCUT2D eigenvalue weighted by Crippen LogP contribution is -2.24. The zero-order valence-electron chi connectivity index (χ0n) is 17.7. The van der Waals surface area contributed by atoms with E-state index in [9.17, 15) is 18.5 Å². The molecule has 166 valence electrons. The van der Waals surface area contributed by atoms with Crippen molar-refractivity contribution in [2.24, 2.45) is 0 Å². The lowest BCUT2D eigenvalue weighted by Gasteiger charge is -2.20. The van der Waals surface area contributed by atoms with Crippen molar-refractivity contribution >= 4 is 27.1 Å². The van der Waals surface area contributed by atoms with E-state index in [2.05, 4.69) is 20.3 Å². The highest BCUT2D eigenvalue weighted by molar-refractivity contribution is 7.90. The second kappa shape index (κ2) is 8.33. The van der Waals surface area contributed by atoms with Crippen molar-refractivity contribution in [3.05, 3.63) is 76.6 Å². The molecule has 0 aliphatic carbocycles. The minimum absolute atomic E-state index is 0.0105. The number of nitriles is 1. The van der Waals surface area contributed by atoms with Crippen LogP contribution in [0.1, 0.15) is 24.2 Å². The third-order valence-corrected chi connectivity index (χ3v) is 6.22. The number of nitrogens with two attached hydrogens (primary N) is 1. The van der Waals surface area contributed by atoms with Gasteiger partial charge in [-0.2, -0.15) is 5.26 Å². The second-order valence-corrected chi connectivity index (χ2v) is 9.32. The fraction of sp³-hybridized carbons (Fsp3) is 0.136. The maximum Gasteiger partial charge on any atom is 0.266 e. The summed E-state index contributed by atoms with van der Waals surface area (Å²) in [5, 5.41) is 12.5. The molecule has 0 aliphatic rings. The van der Waals surface area contributed by atoms with Gasteiger partial charge in [-0.25, -0.2) is 23.4 Å². The van der Waals surface area contributed by atoms with E-state index in [1.54, 1.807) is 49.5 Å². The molecule has 0 fully saturated rings. The number of fused-ring (bicyclic) bond motifs is 1. The first-order chi connectivity index (χ1) is 15.7. The molecule has 3 N–H and O–H groups in total. The molecule has 3 heterocycles. The Morgan fingerprint density at radius 2 is 1.88 bits per heavy atom. The smallest absolute Gasteiger partial charge is 0.266 e. The van der Waals surface area contributed by atoms with Crippen molar-refractivity contribution in [2.45, 2.75) is 17.9 Å². The number of hydrogen-bond donors (Lipinski definition) is 2. The third kappa shape index (κ3) is 3.99. The van der Waals surface area contributed by atoms with Gasteiger partial charge in [0.1, 0.15) is 35.2 Å². The fourth-order valence-electron chi connectivity index (χ4n) is 3.56. The molecule has 4 aromatic rings. The van der Waals surface area contributed by atoms with Gasteiger partial charge in [-0.1, -0.05) is 24.3 Å². The molecule has 0 aliphatic heterocycles. The maximum absolute atomic E-state index is 13.6. The highest BCUT2D eigenvalue weighted by atomic mass is 32.2. The number of sulfone groups is 1. The van der Waals surface area contributed by atoms with Crippen LogP contribution in [0.15, 0.2) is 64.7 Å². The highest BCUT2D eigenvalue weighted by Gasteiger charge is 2.25. The summed E-state index contributed by atoms with van der Waals surface area (Å²) in [7, 11) is -3.65. The summed E-state index contributed by atoms with van der Waals surface area (Å²) in [5.74, 6) is 0.186. The van der Waals surface area contributed by atoms with Crippen LogP contribution in [0.2, 0.25) is 0 Å². The SMILES string of the molecule is C[C@@H](Nc1ncnc(N)c1C#N)c1nc2ccccn2c(=O)c1-c1ccccc1S(C)(=O)=O. The molecule has 11 heteroatoms. The average Bonchev–Trinajstić information content (AvgIpc) is 2.78. The second-order valence-electron chi connectivity index (χ2n) is 7.33. The van der Waals surface area contributed by atoms with Crippen molar-refractivity contribution in [3.63, 3.8) is 0 Å². The first-order valence-electron chi connectivity index (χ1n) is 9.80. The molecule has 0 radical (unpaired) electrons. The molecule has 0 saturated heterocycles. The molecule has 0 bridgehead atoms. The Bertz CT molecular complexity index is 1590. The van der Waals surface area contributed by atoms with E-state index in [1.165, 1.54) is 16.8 Å². The van der Waals surface area contributed by atoms with E-state index in [4.69, 9.17) is 5.73 Å². The van der Waals surface area contributed by atoms with Crippen LogP contribution in [-0.2, 0) is 9.84 Å². The van der Waals surface area contributed by atoms with Crippen LogP contribution in [-0.4, -0.2) is 34.0 Å². The zero-order valence-corrected chi connectivity index (χ0v) is 18.5. The number of aromatic nitrogens is 4. The predicted octanol–water partition coefficient (Wildman–Crippen LogP) is 2.18. The van der Waals surface area contributed by atoms with Crippen molar-refractivity contribution < 1.29 is 8.42 Å². The van der Waals surface area contributed by atoms with E-state index in [1.807, 2.05) is 6.07 Å². The largest absolute Gasteiger partial charge is 0.382 e. The van der Waals surface area contributed by atoms with Gasteiger partial charge in [0.25, 0.3) is 5.56 Å². The molecule has 3 aromatic heterocycles. The minimum atomic E-state index is -3.65. The van der Waals surface area contributed by atoms with Gasteiger partial charge in [-0.3, -0.25) is 9.20 Å². The van der Waals surface area contributed by atoms with Gasteiger partial charge in [0.15, 0.2) is 9.84 Å². The number of pyridine rings is 1. The van der Waals surface area contributed by atoms with Crippen LogP contribution in [0.4, 0.5) is 11.6 Å².